The van der Waals surface area contributed by atoms with E-state index < -0.39 is 0 Å². The lowest BCUT2D eigenvalue weighted by Crippen LogP contribution is -2.50. The topological polar surface area (TPSA) is 73.5 Å². The standard InChI is InChI=1S/C25H31N5O2/c1-18-23(28-24(27-18)19-9-11-22(32-3)12-10-19)17-29-15-13-21(14-16-29)30(25(31)26-2)20-7-5-4-6-8-20/h4-12,21H,13-17H2,1-3H3,(H,26,31)(H,27,28). The number of piperidine rings is 1. The summed E-state index contributed by atoms with van der Waals surface area (Å²) in [7, 11) is 3.36. The highest BCUT2D eigenvalue weighted by Gasteiger charge is 2.29. The van der Waals surface area contributed by atoms with E-state index in [0.717, 1.165) is 66.7 Å². The maximum Gasteiger partial charge on any atom is 0.321 e. The third-order valence-electron chi connectivity index (χ3n) is 6.11. The van der Waals surface area contributed by atoms with Gasteiger partial charge >= 0.3 is 6.03 Å². The van der Waals surface area contributed by atoms with Crippen LogP contribution in [-0.2, 0) is 6.54 Å². The summed E-state index contributed by atoms with van der Waals surface area (Å²) in [6.07, 6.45) is 1.86. The summed E-state index contributed by atoms with van der Waals surface area (Å²) in [5.74, 6) is 1.71. The number of nitrogens with one attached hydrogen (secondary N) is 2. The van der Waals surface area contributed by atoms with E-state index >= 15 is 0 Å². The summed E-state index contributed by atoms with van der Waals surface area (Å²) >= 11 is 0. The predicted octanol–water partition coefficient (Wildman–Crippen LogP) is 4.20. The molecule has 0 unspecified atom stereocenters. The first kappa shape index (κ1) is 21.9. The Balaban J connectivity index is 1.40. The third kappa shape index (κ3) is 4.78. The molecule has 1 fully saturated rings. The largest absolute Gasteiger partial charge is 0.497 e. The minimum Gasteiger partial charge on any atom is -0.497 e. The highest BCUT2D eigenvalue weighted by atomic mass is 16.5. The van der Waals surface area contributed by atoms with E-state index in [1.54, 1.807) is 14.2 Å². The molecule has 0 spiro atoms. The summed E-state index contributed by atoms with van der Waals surface area (Å²) in [4.78, 5) is 25.2. The summed E-state index contributed by atoms with van der Waals surface area (Å²) in [6.45, 7) is 4.73. The molecule has 168 valence electrons. The average molecular weight is 434 g/mol. The average Bonchev–Trinajstić information content (AvgIpc) is 3.21. The molecule has 4 rings (SSSR count). The van der Waals surface area contributed by atoms with Crippen molar-refractivity contribution in [2.75, 3.05) is 32.1 Å². The number of hydrogen-bond donors (Lipinski definition) is 2. The number of carbonyl (C=O) groups is 1. The molecule has 0 saturated carbocycles. The molecular weight excluding hydrogens is 402 g/mol. The number of rotatable bonds is 6. The van der Waals surface area contributed by atoms with Crippen molar-refractivity contribution < 1.29 is 9.53 Å². The first-order valence-electron chi connectivity index (χ1n) is 11.1. The quantitative estimate of drug-likeness (QED) is 0.611. The van der Waals surface area contributed by atoms with Gasteiger partial charge in [-0.25, -0.2) is 9.78 Å². The fraction of sp³-hybridized carbons (Fsp3) is 0.360. The molecule has 2 aromatic carbocycles. The van der Waals surface area contributed by atoms with Gasteiger partial charge < -0.3 is 15.0 Å². The SMILES string of the molecule is CNC(=O)N(c1ccccc1)C1CCN(Cc2nc(-c3ccc(OC)cc3)[nH]c2C)CC1. The van der Waals surface area contributed by atoms with Gasteiger partial charge in [0.25, 0.3) is 0 Å². The number of carbonyl (C=O) groups excluding carboxylic acids is 1. The zero-order valence-electron chi connectivity index (χ0n) is 19.0. The Hall–Kier alpha value is -3.32. The first-order valence-corrected chi connectivity index (χ1v) is 11.1. The number of urea groups is 1. The molecular formula is C25H31N5O2. The predicted molar refractivity (Wildman–Crippen MR) is 127 cm³/mol. The number of amides is 2. The molecule has 0 radical (unpaired) electrons. The second-order valence-electron chi connectivity index (χ2n) is 8.15. The van der Waals surface area contributed by atoms with E-state index in [9.17, 15) is 4.79 Å². The number of benzene rings is 2. The Labute approximate surface area is 189 Å². The minimum atomic E-state index is -0.0538. The van der Waals surface area contributed by atoms with Crippen molar-refractivity contribution in [2.24, 2.45) is 0 Å². The second-order valence-corrected chi connectivity index (χ2v) is 8.15. The van der Waals surface area contributed by atoms with Crippen LogP contribution < -0.4 is 15.0 Å². The van der Waals surface area contributed by atoms with Gasteiger partial charge in [0.15, 0.2) is 0 Å². The number of hydrogen-bond acceptors (Lipinski definition) is 4. The molecule has 1 aliphatic rings. The van der Waals surface area contributed by atoms with Crippen molar-refractivity contribution in [3.8, 4) is 17.1 Å². The third-order valence-corrected chi connectivity index (χ3v) is 6.11. The van der Waals surface area contributed by atoms with E-state index in [2.05, 4.69) is 22.1 Å². The molecule has 7 nitrogen and oxygen atoms in total. The lowest BCUT2D eigenvalue weighted by molar-refractivity contribution is 0.196. The van der Waals surface area contributed by atoms with Gasteiger partial charge in [-0.2, -0.15) is 0 Å². The number of H-pyrrole nitrogens is 1. The molecule has 32 heavy (non-hydrogen) atoms. The van der Waals surface area contributed by atoms with E-state index in [4.69, 9.17) is 9.72 Å². The van der Waals surface area contributed by atoms with Crippen LogP contribution in [0.4, 0.5) is 10.5 Å². The number of aromatic amines is 1. The Morgan fingerprint density at radius 3 is 2.47 bits per heavy atom. The fourth-order valence-electron chi connectivity index (χ4n) is 4.29. The van der Waals surface area contributed by atoms with Crippen LogP contribution in [0.15, 0.2) is 54.6 Å². The van der Waals surface area contributed by atoms with Gasteiger partial charge in [0.05, 0.1) is 12.8 Å². The van der Waals surface area contributed by atoms with Gasteiger partial charge in [-0.1, -0.05) is 18.2 Å². The van der Waals surface area contributed by atoms with E-state index in [1.165, 1.54) is 0 Å². The van der Waals surface area contributed by atoms with Gasteiger partial charge in [-0.15, -0.1) is 0 Å². The summed E-state index contributed by atoms with van der Waals surface area (Å²) < 4.78 is 5.24. The molecule has 2 N–H and O–H groups in total. The number of anilines is 1. The van der Waals surface area contributed by atoms with Crippen molar-refractivity contribution in [3.63, 3.8) is 0 Å². The highest BCUT2D eigenvalue weighted by Crippen LogP contribution is 2.26. The molecule has 0 aliphatic carbocycles. The van der Waals surface area contributed by atoms with Crippen molar-refractivity contribution in [2.45, 2.75) is 32.4 Å². The number of nitrogens with zero attached hydrogens (tertiary/aromatic N) is 3. The second kappa shape index (κ2) is 9.87. The smallest absolute Gasteiger partial charge is 0.321 e. The number of likely N-dealkylation sites (tertiary alicyclic amines) is 1. The Morgan fingerprint density at radius 1 is 1.16 bits per heavy atom. The Kier molecular flexibility index (Phi) is 6.75. The molecule has 0 bridgehead atoms. The lowest BCUT2D eigenvalue weighted by Gasteiger charge is -2.38. The van der Waals surface area contributed by atoms with Crippen molar-refractivity contribution in [3.05, 3.63) is 66.0 Å². The minimum absolute atomic E-state index is 0.0538. The normalized spacial score (nSPS) is 14.8. The molecule has 1 aliphatic heterocycles. The Morgan fingerprint density at radius 2 is 1.84 bits per heavy atom. The van der Waals surface area contributed by atoms with Crippen molar-refractivity contribution in [1.82, 2.24) is 20.2 Å². The number of para-hydroxylation sites is 1. The fourth-order valence-corrected chi connectivity index (χ4v) is 4.29. The van der Waals surface area contributed by atoms with Crippen LogP contribution >= 0.6 is 0 Å². The molecule has 1 aromatic heterocycles. The van der Waals surface area contributed by atoms with Crippen LogP contribution in [0.1, 0.15) is 24.2 Å². The number of aryl methyl sites for hydroxylation is 1. The molecule has 2 heterocycles. The maximum atomic E-state index is 12.6. The molecule has 0 atom stereocenters. The van der Waals surface area contributed by atoms with Gasteiger partial charge in [-0.05, 0) is 56.2 Å². The van der Waals surface area contributed by atoms with E-state index in [1.807, 2.05) is 59.5 Å². The van der Waals surface area contributed by atoms with Gasteiger partial charge in [0.2, 0.25) is 0 Å². The van der Waals surface area contributed by atoms with Gasteiger partial charge in [-0.3, -0.25) is 9.80 Å². The van der Waals surface area contributed by atoms with Crippen LogP contribution in [0, 0.1) is 6.92 Å². The monoisotopic (exact) mass is 433 g/mol. The first-order chi connectivity index (χ1) is 15.6. The number of imidazole rings is 1. The molecule has 3 aromatic rings. The van der Waals surface area contributed by atoms with E-state index in [-0.39, 0.29) is 12.1 Å². The van der Waals surface area contributed by atoms with Crippen molar-refractivity contribution >= 4 is 11.7 Å². The zero-order valence-corrected chi connectivity index (χ0v) is 19.0. The van der Waals surface area contributed by atoms with Crippen molar-refractivity contribution in [1.29, 1.82) is 0 Å². The summed E-state index contributed by atoms with van der Waals surface area (Å²) in [5.41, 5.74) is 4.15. The summed E-state index contributed by atoms with van der Waals surface area (Å²) in [6, 6.07) is 18.0. The van der Waals surface area contributed by atoms with Crippen LogP contribution in [0.3, 0.4) is 0 Å². The summed E-state index contributed by atoms with van der Waals surface area (Å²) in [5, 5.41) is 2.80. The zero-order chi connectivity index (χ0) is 22.5. The molecule has 7 heteroatoms. The lowest BCUT2D eigenvalue weighted by atomic mass is 10.0. The van der Waals surface area contributed by atoms with Crippen LogP contribution in [-0.4, -0.2) is 54.2 Å². The maximum absolute atomic E-state index is 12.6. The molecule has 1 saturated heterocycles. The van der Waals surface area contributed by atoms with Crippen LogP contribution in [0.25, 0.3) is 11.4 Å². The number of ether oxygens (including phenoxy) is 1. The van der Waals surface area contributed by atoms with Gasteiger partial charge in [0, 0.05) is 49.7 Å². The van der Waals surface area contributed by atoms with Gasteiger partial charge in [0.1, 0.15) is 11.6 Å². The molecule has 2 amide bonds. The van der Waals surface area contributed by atoms with Crippen LogP contribution in [0.5, 0.6) is 5.75 Å². The highest BCUT2D eigenvalue weighted by molar-refractivity contribution is 5.92. The number of methoxy groups -OCH3 is 1. The van der Waals surface area contributed by atoms with E-state index in [0.29, 0.717) is 0 Å². The Bertz CT molecular complexity index is 1020. The van der Waals surface area contributed by atoms with Crippen LogP contribution in [0.2, 0.25) is 0 Å². The number of aromatic nitrogens is 2.